The largest absolute Gasteiger partial charge is 0.490 e. The van der Waals surface area contributed by atoms with Crippen LogP contribution in [0.15, 0.2) is 12.1 Å². The fourth-order valence-corrected chi connectivity index (χ4v) is 2.56. The van der Waals surface area contributed by atoms with E-state index in [2.05, 4.69) is 13.8 Å². The van der Waals surface area contributed by atoms with Crippen LogP contribution in [0, 0.1) is 5.92 Å². The van der Waals surface area contributed by atoms with E-state index in [1.165, 1.54) is 0 Å². The van der Waals surface area contributed by atoms with Gasteiger partial charge in [-0.25, -0.2) is 0 Å². The first-order valence-corrected chi connectivity index (χ1v) is 9.29. The number of rotatable bonds is 10. The Kier molecular flexibility index (Phi) is 11.7. The van der Waals surface area contributed by atoms with Gasteiger partial charge in [-0.1, -0.05) is 32.4 Å². The van der Waals surface area contributed by atoms with Crippen molar-refractivity contribution in [3.63, 3.8) is 0 Å². The minimum atomic E-state index is -0.110. The van der Waals surface area contributed by atoms with Crippen LogP contribution in [0.2, 0.25) is 5.02 Å². The summed E-state index contributed by atoms with van der Waals surface area (Å²) >= 11 is 6.33. The highest BCUT2D eigenvalue weighted by Gasteiger charge is 2.19. The summed E-state index contributed by atoms with van der Waals surface area (Å²) in [5.41, 5.74) is 6.55. The maximum atomic E-state index is 12.7. The van der Waals surface area contributed by atoms with E-state index in [0.717, 1.165) is 12.8 Å². The second-order valence-corrected chi connectivity index (χ2v) is 6.90. The van der Waals surface area contributed by atoms with E-state index in [0.29, 0.717) is 47.8 Å². The molecule has 1 rings (SSSR count). The molecule has 1 atom stereocenters. The molecule has 0 aliphatic heterocycles. The van der Waals surface area contributed by atoms with Crippen LogP contribution in [0.25, 0.3) is 0 Å². The molecule has 5 nitrogen and oxygen atoms in total. The molecule has 0 saturated heterocycles. The number of benzene rings is 1. The molecule has 1 aromatic carbocycles. The first-order valence-electron chi connectivity index (χ1n) is 8.91. The maximum Gasteiger partial charge on any atom is 0.253 e. The summed E-state index contributed by atoms with van der Waals surface area (Å²) in [5, 5.41) is 0.384. The zero-order chi connectivity index (χ0) is 19.0. The van der Waals surface area contributed by atoms with Gasteiger partial charge in [0.15, 0.2) is 11.5 Å². The summed E-state index contributed by atoms with van der Waals surface area (Å²) < 4.78 is 11.3. The lowest BCUT2D eigenvalue weighted by Gasteiger charge is -2.22. The summed E-state index contributed by atoms with van der Waals surface area (Å²) in [6.07, 6.45) is 1.62. The molecule has 0 radical (unpaired) electrons. The van der Waals surface area contributed by atoms with Crippen molar-refractivity contribution in [2.24, 2.45) is 11.7 Å². The molecular weight excluding hydrogens is 375 g/mol. The minimum absolute atomic E-state index is 0. The van der Waals surface area contributed by atoms with Gasteiger partial charge < -0.3 is 20.1 Å². The highest BCUT2D eigenvalue weighted by molar-refractivity contribution is 6.32. The normalized spacial score (nSPS) is 11.7. The number of nitrogens with zero attached hydrogens (tertiary/aromatic N) is 1. The third kappa shape index (κ3) is 7.22. The third-order valence-electron chi connectivity index (χ3n) is 4.01. The predicted molar refractivity (Wildman–Crippen MR) is 110 cm³/mol. The Balaban J connectivity index is 0.00000625. The quantitative estimate of drug-likeness (QED) is 0.625. The smallest absolute Gasteiger partial charge is 0.253 e. The lowest BCUT2D eigenvalue weighted by Crippen LogP contribution is -2.34. The van der Waals surface area contributed by atoms with Gasteiger partial charge in [0.05, 0.1) is 18.2 Å². The lowest BCUT2D eigenvalue weighted by atomic mass is 10.0. The molecule has 1 amide bonds. The van der Waals surface area contributed by atoms with Crippen molar-refractivity contribution in [1.29, 1.82) is 0 Å². The molecule has 0 aromatic heterocycles. The molecule has 1 aromatic rings. The van der Waals surface area contributed by atoms with Crippen LogP contribution in [-0.4, -0.2) is 43.7 Å². The molecule has 26 heavy (non-hydrogen) atoms. The van der Waals surface area contributed by atoms with Crippen molar-refractivity contribution in [3.8, 4) is 11.5 Å². The number of halogens is 2. The van der Waals surface area contributed by atoms with E-state index in [9.17, 15) is 4.79 Å². The van der Waals surface area contributed by atoms with Gasteiger partial charge in [0.25, 0.3) is 5.91 Å². The van der Waals surface area contributed by atoms with Crippen LogP contribution < -0.4 is 15.2 Å². The Bertz CT molecular complexity index is 568. The predicted octanol–water partition coefficient (Wildman–Crippen LogP) is 4.39. The maximum absolute atomic E-state index is 12.7. The van der Waals surface area contributed by atoms with Gasteiger partial charge in [-0.15, -0.1) is 12.4 Å². The molecular formula is C19H32Cl2N2O3. The van der Waals surface area contributed by atoms with Gasteiger partial charge in [0, 0.05) is 25.2 Å². The monoisotopic (exact) mass is 406 g/mol. The topological polar surface area (TPSA) is 64.8 Å². The van der Waals surface area contributed by atoms with Crippen LogP contribution in [-0.2, 0) is 0 Å². The number of nitrogens with two attached hydrogens (primary N) is 1. The van der Waals surface area contributed by atoms with E-state index in [1.807, 2.05) is 13.8 Å². The second kappa shape index (κ2) is 12.3. The Labute approximate surface area is 168 Å². The van der Waals surface area contributed by atoms with E-state index >= 15 is 0 Å². The van der Waals surface area contributed by atoms with E-state index in [4.69, 9.17) is 26.8 Å². The first kappa shape index (κ1) is 24.8. The zero-order valence-corrected chi connectivity index (χ0v) is 18.0. The van der Waals surface area contributed by atoms with E-state index in [-0.39, 0.29) is 24.4 Å². The molecule has 0 heterocycles. The van der Waals surface area contributed by atoms with Gasteiger partial charge in [-0.3, -0.25) is 4.79 Å². The van der Waals surface area contributed by atoms with Crippen molar-refractivity contribution in [3.05, 3.63) is 22.7 Å². The summed E-state index contributed by atoms with van der Waals surface area (Å²) in [4.78, 5) is 14.4. The van der Waals surface area contributed by atoms with Crippen LogP contribution in [0.4, 0.5) is 0 Å². The second-order valence-electron chi connectivity index (χ2n) is 6.49. The Morgan fingerprint density at radius 2 is 1.92 bits per heavy atom. The Hall–Kier alpha value is -1.17. The molecule has 0 saturated carbocycles. The van der Waals surface area contributed by atoms with Crippen molar-refractivity contribution in [2.75, 3.05) is 26.8 Å². The van der Waals surface area contributed by atoms with Crippen molar-refractivity contribution >= 4 is 29.9 Å². The number of hydrogen-bond donors (Lipinski definition) is 1. The van der Waals surface area contributed by atoms with Crippen LogP contribution in [0.1, 0.15) is 50.9 Å². The molecule has 0 aliphatic rings. The lowest BCUT2D eigenvalue weighted by molar-refractivity contribution is 0.0788. The molecule has 0 spiro atoms. The molecule has 0 aliphatic carbocycles. The highest BCUT2D eigenvalue weighted by atomic mass is 35.5. The average Bonchev–Trinajstić information content (AvgIpc) is 2.57. The summed E-state index contributed by atoms with van der Waals surface area (Å²) in [6, 6.07) is 3.40. The van der Waals surface area contributed by atoms with Crippen molar-refractivity contribution in [1.82, 2.24) is 4.90 Å². The fraction of sp³-hybridized carbons (Fsp3) is 0.632. The molecule has 2 N–H and O–H groups in total. The molecule has 0 fully saturated rings. The van der Waals surface area contributed by atoms with Gasteiger partial charge in [0.1, 0.15) is 0 Å². The summed E-state index contributed by atoms with van der Waals surface area (Å²) in [7, 11) is 1.77. The Morgan fingerprint density at radius 3 is 2.46 bits per heavy atom. The third-order valence-corrected chi connectivity index (χ3v) is 4.29. The van der Waals surface area contributed by atoms with Gasteiger partial charge in [-0.05, 0) is 37.8 Å². The zero-order valence-electron chi connectivity index (χ0n) is 16.4. The van der Waals surface area contributed by atoms with Gasteiger partial charge in [0.2, 0.25) is 0 Å². The Morgan fingerprint density at radius 1 is 1.27 bits per heavy atom. The van der Waals surface area contributed by atoms with Crippen LogP contribution in [0.3, 0.4) is 0 Å². The molecule has 7 heteroatoms. The number of carbonyl (C=O) groups is 1. The van der Waals surface area contributed by atoms with E-state index < -0.39 is 0 Å². The highest BCUT2D eigenvalue weighted by Crippen LogP contribution is 2.37. The molecule has 1 unspecified atom stereocenters. The molecule has 150 valence electrons. The number of amides is 1. The molecule has 0 bridgehead atoms. The fourth-order valence-electron chi connectivity index (χ4n) is 2.30. The van der Waals surface area contributed by atoms with Crippen molar-refractivity contribution in [2.45, 2.75) is 46.6 Å². The number of carbonyl (C=O) groups excluding carboxylic acids is 1. The number of hydrogen-bond acceptors (Lipinski definition) is 4. The van der Waals surface area contributed by atoms with Crippen LogP contribution in [0.5, 0.6) is 11.5 Å². The van der Waals surface area contributed by atoms with Crippen molar-refractivity contribution < 1.29 is 14.3 Å². The van der Waals surface area contributed by atoms with Gasteiger partial charge >= 0.3 is 0 Å². The number of ether oxygens (including phenoxy) is 2. The standard InChI is InChI=1S/C19H31ClN2O3.ClH/c1-6-10-25-18-15(20)11-14(12-17(18)24-7-2)19(23)22(5)9-8-16(21)13(3)4;/h11-13,16H,6-10,21H2,1-5H3;1H. The summed E-state index contributed by atoms with van der Waals surface area (Å²) in [6.45, 7) is 9.66. The van der Waals surface area contributed by atoms with E-state index in [1.54, 1.807) is 24.1 Å². The minimum Gasteiger partial charge on any atom is -0.490 e. The first-order chi connectivity index (χ1) is 11.8. The average molecular weight is 407 g/mol. The summed E-state index contributed by atoms with van der Waals surface area (Å²) in [5.74, 6) is 1.27. The van der Waals surface area contributed by atoms with Gasteiger partial charge in [-0.2, -0.15) is 0 Å². The van der Waals surface area contributed by atoms with Crippen LogP contribution >= 0.6 is 24.0 Å². The SMILES string of the molecule is CCCOc1c(Cl)cc(C(=O)N(C)CCC(N)C(C)C)cc1OCC.Cl.